The molecular weight excluding hydrogens is 272 g/mol. The molecule has 1 aromatic rings. The number of rotatable bonds is 6. The van der Waals surface area contributed by atoms with Crippen LogP contribution in [-0.2, 0) is 16.1 Å². The molecule has 1 N–H and O–H groups in total. The molecule has 8 nitrogen and oxygen atoms in total. The molecule has 2 amide bonds. The van der Waals surface area contributed by atoms with Crippen molar-refractivity contribution in [2.24, 2.45) is 0 Å². The van der Waals surface area contributed by atoms with Crippen LogP contribution in [0.1, 0.15) is 19.3 Å². The first-order chi connectivity index (χ1) is 9.95. The predicted molar refractivity (Wildman–Crippen MR) is 77.6 cm³/mol. The maximum Gasteiger partial charge on any atom is 0.248 e. The number of nitrogens with zero attached hydrogens (tertiary/aromatic N) is 5. The number of likely N-dealkylation sites (N-methyl/N-ethyl adjacent to an activating group) is 1. The molecule has 8 heteroatoms. The molecular formula is C13H22N6O2. The molecule has 1 aliphatic rings. The van der Waals surface area contributed by atoms with Gasteiger partial charge in [-0.15, -0.1) is 5.10 Å². The molecule has 1 aliphatic heterocycles. The lowest BCUT2D eigenvalue weighted by molar-refractivity contribution is -0.128. The second-order valence-electron chi connectivity index (χ2n) is 5.58. The van der Waals surface area contributed by atoms with Gasteiger partial charge in [-0.3, -0.25) is 14.9 Å². The summed E-state index contributed by atoms with van der Waals surface area (Å²) in [6, 6.07) is -0.0201. The van der Waals surface area contributed by atoms with Gasteiger partial charge < -0.3 is 9.80 Å². The van der Waals surface area contributed by atoms with Gasteiger partial charge in [0.15, 0.2) is 0 Å². The predicted octanol–water partition coefficient (Wildman–Crippen LogP) is -0.211. The molecule has 0 radical (unpaired) electrons. The van der Waals surface area contributed by atoms with Crippen LogP contribution in [0.4, 0.5) is 5.95 Å². The van der Waals surface area contributed by atoms with Gasteiger partial charge in [-0.25, -0.2) is 9.67 Å². The molecule has 0 spiro atoms. The summed E-state index contributed by atoms with van der Waals surface area (Å²) in [5.41, 5.74) is 0. The van der Waals surface area contributed by atoms with Gasteiger partial charge in [-0.05, 0) is 20.5 Å². The zero-order valence-corrected chi connectivity index (χ0v) is 12.7. The van der Waals surface area contributed by atoms with Crippen LogP contribution in [0.3, 0.4) is 0 Å². The minimum absolute atomic E-state index is 0.0201. The molecule has 2 heterocycles. The number of carbonyl (C=O) groups is 2. The van der Waals surface area contributed by atoms with Crippen LogP contribution in [0, 0.1) is 0 Å². The minimum atomic E-state index is -0.160. The Kier molecular flexibility index (Phi) is 4.89. The average Bonchev–Trinajstić information content (AvgIpc) is 2.98. The van der Waals surface area contributed by atoms with Crippen molar-refractivity contribution < 1.29 is 9.59 Å². The fourth-order valence-electron chi connectivity index (χ4n) is 2.25. The quantitative estimate of drug-likeness (QED) is 0.785. The third-order valence-electron chi connectivity index (χ3n) is 3.62. The molecule has 1 saturated heterocycles. The highest BCUT2D eigenvalue weighted by Crippen LogP contribution is 2.19. The summed E-state index contributed by atoms with van der Waals surface area (Å²) in [6.07, 6.45) is 3.14. The van der Waals surface area contributed by atoms with Crippen LogP contribution in [-0.4, -0.2) is 70.1 Å². The highest BCUT2D eigenvalue weighted by atomic mass is 16.2. The van der Waals surface area contributed by atoms with E-state index >= 15 is 0 Å². The molecule has 1 unspecified atom stereocenters. The van der Waals surface area contributed by atoms with E-state index in [9.17, 15) is 9.59 Å². The normalized spacial score (nSPS) is 18.6. The van der Waals surface area contributed by atoms with Crippen LogP contribution >= 0.6 is 0 Å². The van der Waals surface area contributed by atoms with Gasteiger partial charge >= 0.3 is 0 Å². The monoisotopic (exact) mass is 294 g/mol. The molecule has 21 heavy (non-hydrogen) atoms. The van der Waals surface area contributed by atoms with E-state index in [0.717, 1.165) is 19.5 Å². The van der Waals surface area contributed by atoms with Crippen molar-refractivity contribution in [3.63, 3.8) is 0 Å². The number of hydrogen-bond donors (Lipinski definition) is 1. The van der Waals surface area contributed by atoms with E-state index in [2.05, 4.69) is 15.4 Å². The van der Waals surface area contributed by atoms with E-state index in [4.69, 9.17) is 0 Å². The second-order valence-corrected chi connectivity index (χ2v) is 5.58. The van der Waals surface area contributed by atoms with Gasteiger partial charge in [-0.1, -0.05) is 0 Å². The van der Waals surface area contributed by atoms with E-state index in [1.807, 2.05) is 19.0 Å². The standard InChI is InChI=1S/C13H22N6O2/c1-17(2)6-7-19-9-14-13(16-19)15-11(20)8-10-4-5-12(21)18(10)3/h9-10H,4-8H2,1-3H3,(H,15,16,20). The Balaban J connectivity index is 1.81. The molecule has 1 atom stereocenters. The van der Waals surface area contributed by atoms with Gasteiger partial charge in [0.25, 0.3) is 0 Å². The van der Waals surface area contributed by atoms with Gasteiger partial charge in [-0.2, -0.15) is 0 Å². The van der Waals surface area contributed by atoms with Gasteiger partial charge in [0.05, 0.1) is 6.54 Å². The first kappa shape index (κ1) is 15.4. The van der Waals surface area contributed by atoms with E-state index in [0.29, 0.717) is 12.4 Å². The molecule has 1 aromatic heterocycles. The highest BCUT2D eigenvalue weighted by Gasteiger charge is 2.29. The number of amides is 2. The van der Waals surface area contributed by atoms with E-state index < -0.39 is 0 Å². The fraction of sp³-hybridized carbons (Fsp3) is 0.692. The zero-order valence-electron chi connectivity index (χ0n) is 12.7. The zero-order chi connectivity index (χ0) is 15.4. The Labute approximate surface area is 124 Å². The lowest BCUT2D eigenvalue weighted by Crippen LogP contribution is -2.32. The van der Waals surface area contributed by atoms with Gasteiger partial charge in [0, 0.05) is 32.5 Å². The molecule has 0 aromatic carbocycles. The van der Waals surface area contributed by atoms with Crippen molar-refractivity contribution in [2.45, 2.75) is 31.8 Å². The van der Waals surface area contributed by atoms with Crippen molar-refractivity contribution in [1.82, 2.24) is 24.6 Å². The van der Waals surface area contributed by atoms with Crippen molar-refractivity contribution in [1.29, 1.82) is 0 Å². The number of likely N-dealkylation sites (tertiary alicyclic amines) is 1. The SMILES string of the molecule is CN(C)CCn1cnc(NC(=O)CC2CCC(=O)N2C)n1. The Hall–Kier alpha value is -1.96. The van der Waals surface area contributed by atoms with Gasteiger partial charge in [0.1, 0.15) is 6.33 Å². The van der Waals surface area contributed by atoms with Crippen molar-refractivity contribution in [3.8, 4) is 0 Å². The molecule has 0 bridgehead atoms. The number of aromatic nitrogens is 3. The third kappa shape index (κ3) is 4.25. The average molecular weight is 294 g/mol. The molecule has 0 aliphatic carbocycles. The van der Waals surface area contributed by atoms with Crippen LogP contribution in [0.25, 0.3) is 0 Å². The largest absolute Gasteiger partial charge is 0.342 e. The Bertz CT molecular complexity index is 513. The van der Waals surface area contributed by atoms with Crippen LogP contribution < -0.4 is 5.32 Å². The summed E-state index contributed by atoms with van der Waals surface area (Å²) in [7, 11) is 5.71. The van der Waals surface area contributed by atoms with E-state index in [1.54, 1.807) is 23.0 Å². The smallest absolute Gasteiger partial charge is 0.248 e. The molecule has 2 rings (SSSR count). The Morgan fingerprint density at radius 1 is 1.52 bits per heavy atom. The van der Waals surface area contributed by atoms with Crippen LogP contribution in [0.15, 0.2) is 6.33 Å². The minimum Gasteiger partial charge on any atom is -0.342 e. The van der Waals surface area contributed by atoms with E-state index in [1.165, 1.54) is 0 Å². The van der Waals surface area contributed by atoms with Gasteiger partial charge in [0.2, 0.25) is 17.8 Å². The summed E-state index contributed by atoms with van der Waals surface area (Å²) in [4.78, 5) is 31.1. The number of anilines is 1. The molecule has 116 valence electrons. The lowest BCUT2D eigenvalue weighted by atomic mass is 10.1. The van der Waals surface area contributed by atoms with Crippen molar-refractivity contribution >= 4 is 17.8 Å². The van der Waals surface area contributed by atoms with Crippen LogP contribution in [0.2, 0.25) is 0 Å². The van der Waals surface area contributed by atoms with Crippen molar-refractivity contribution in [2.75, 3.05) is 33.0 Å². The summed E-state index contributed by atoms with van der Waals surface area (Å²) in [5.74, 6) is 0.247. The number of nitrogens with one attached hydrogen (secondary N) is 1. The first-order valence-corrected chi connectivity index (χ1v) is 7.05. The Morgan fingerprint density at radius 2 is 2.29 bits per heavy atom. The summed E-state index contributed by atoms with van der Waals surface area (Å²) >= 11 is 0. The number of hydrogen-bond acceptors (Lipinski definition) is 5. The first-order valence-electron chi connectivity index (χ1n) is 7.05. The highest BCUT2D eigenvalue weighted by molar-refractivity contribution is 5.90. The third-order valence-corrected chi connectivity index (χ3v) is 3.62. The maximum absolute atomic E-state index is 11.9. The summed E-state index contributed by atoms with van der Waals surface area (Å²) in [5, 5.41) is 6.88. The second kappa shape index (κ2) is 6.66. The number of carbonyl (C=O) groups excluding carboxylic acids is 2. The topological polar surface area (TPSA) is 83.4 Å². The molecule has 1 fully saturated rings. The summed E-state index contributed by atoms with van der Waals surface area (Å²) in [6.45, 7) is 1.57. The summed E-state index contributed by atoms with van der Waals surface area (Å²) < 4.78 is 1.70. The Morgan fingerprint density at radius 3 is 2.90 bits per heavy atom. The maximum atomic E-state index is 11.9. The molecule has 0 saturated carbocycles. The fourth-order valence-corrected chi connectivity index (χ4v) is 2.25. The van der Waals surface area contributed by atoms with E-state index in [-0.39, 0.29) is 24.3 Å². The lowest BCUT2D eigenvalue weighted by Gasteiger charge is -2.18. The van der Waals surface area contributed by atoms with Crippen LogP contribution in [0.5, 0.6) is 0 Å². The van der Waals surface area contributed by atoms with Crippen molar-refractivity contribution in [3.05, 3.63) is 6.33 Å².